The Morgan fingerprint density at radius 1 is 1.30 bits per heavy atom. The van der Waals surface area contributed by atoms with Crippen molar-refractivity contribution in [3.8, 4) is 0 Å². The summed E-state index contributed by atoms with van der Waals surface area (Å²) in [6.07, 6.45) is 5.02. The van der Waals surface area contributed by atoms with Gasteiger partial charge in [0.15, 0.2) is 0 Å². The van der Waals surface area contributed by atoms with Crippen molar-refractivity contribution in [3.63, 3.8) is 0 Å². The number of amides is 1. The second kappa shape index (κ2) is 5.79. The molecule has 2 saturated heterocycles. The lowest BCUT2D eigenvalue weighted by atomic mass is 10.1. The number of anilines is 1. The van der Waals surface area contributed by atoms with E-state index in [-0.39, 0.29) is 18.4 Å². The Labute approximate surface area is 119 Å². The third kappa shape index (κ3) is 2.63. The molecule has 5 nitrogen and oxygen atoms in total. The third-order valence-electron chi connectivity index (χ3n) is 4.26. The van der Waals surface area contributed by atoms with Crippen LogP contribution in [0.4, 0.5) is 5.82 Å². The molecular weight excluding hydrogens is 254 g/mol. The maximum atomic E-state index is 12.3. The van der Waals surface area contributed by atoms with Crippen LogP contribution in [0.15, 0.2) is 18.3 Å². The van der Waals surface area contributed by atoms with Gasteiger partial charge in [0, 0.05) is 44.9 Å². The normalized spacial score (nSPS) is 22.6. The van der Waals surface area contributed by atoms with Gasteiger partial charge < -0.3 is 14.9 Å². The molecule has 1 unspecified atom stereocenters. The van der Waals surface area contributed by atoms with Crippen LogP contribution in [0, 0.1) is 5.92 Å². The molecule has 5 heteroatoms. The van der Waals surface area contributed by atoms with Gasteiger partial charge in [-0.1, -0.05) is 0 Å². The first-order valence-corrected chi connectivity index (χ1v) is 7.39. The molecule has 0 bridgehead atoms. The van der Waals surface area contributed by atoms with E-state index in [1.165, 1.54) is 12.8 Å². The summed E-state index contributed by atoms with van der Waals surface area (Å²) >= 11 is 0. The van der Waals surface area contributed by atoms with Gasteiger partial charge in [-0.3, -0.25) is 4.79 Å². The van der Waals surface area contributed by atoms with Crippen LogP contribution >= 0.6 is 0 Å². The molecule has 1 amide bonds. The van der Waals surface area contributed by atoms with Gasteiger partial charge in [0.05, 0.1) is 5.56 Å². The Balaban J connectivity index is 1.66. The van der Waals surface area contributed by atoms with E-state index < -0.39 is 0 Å². The molecule has 108 valence electrons. The maximum Gasteiger partial charge on any atom is 0.255 e. The Bertz CT molecular complexity index is 469. The molecule has 1 aromatic heterocycles. The lowest BCUT2D eigenvalue weighted by Crippen LogP contribution is -2.29. The number of aromatic nitrogens is 1. The Hall–Kier alpha value is -1.62. The van der Waals surface area contributed by atoms with Gasteiger partial charge in [-0.2, -0.15) is 0 Å². The molecule has 1 aromatic rings. The van der Waals surface area contributed by atoms with E-state index >= 15 is 0 Å². The minimum absolute atomic E-state index is 0.0291. The van der Waals surface area contributed by atoms with Crippen LogP contribution in [0.3, 0.4) is 0 Å². The van der Waals surface area contributed by atoms with Crippen LogP contribution < -0.4 is 4.90 Å². The number of rotatable bonds is 3. The first-order valence-electron chi connectivity index (χ1n) is 7.39. The van der Waals surface area contributed by atoms with Crippen LogP contribution in [0.5, 0.6) is 0 Å². The van der Waals surface area contributed by atoms with Crippen molar-refractivity contribution < 1.29 is 9.90 Å². The van der Waals surface area contributed by atoms with Crippen molar-refractivity contribution in [2.75, 3.05) is 37.7 Å². The quantitative estimate of drug-likeness (QED) is 0.898. The van der Waals surface area contributed by atoms with Gasteiger partial charge in [-0.25, -0.2) is 4.98 Å². The number of pyridine rings is 1. The lowest BCUT2D eigenvalue weighted by Gasteiger charge is -2.18. The Morgan fingerprint density at radius 2 is 2.10 bits per heavy atom. The van der Waals surface area contributed by atoms with Gasteiger partial charge in [0.1, 0.15) is 5.82 Å². The van der Waals surface area contributed by atoms with Gasteiger partial charge in [-0.15, -0.1) is 0 Å². The highest BCUT2D eigenvalue weighted by Crippen LogP contribution is 2.20. The van der Waals surface area contributed by atoms with Crippen molar-refractivity contribution in [1.82, 2.24) is 9.88 Å². The summed E-state index contributed by atoms with van der Waals surface area (Å²) in [6, 6.07) is 3.81. The number of aliphatic hydroxyl groups is 1. The minimum atomic E-state index is 0.0291. The molecule has 3 rings (SSSR count). The van der Waals surface area contributed by atoms with E-state index in [2.05, 4.69) is 9.88 Å². The lowest BCUT2D eigenvalue weighted by molar-refractivity contribution is 0.0781. The molecule has 3 heterocycles. The largest absolute Gasteiger partial charge is 0.396 e. The smallest absolute Gasteiger partial charge is 0.255 e. The van der Waals surface area contributed by atoms with Gasteiger partial charge in [0.25, 0.3) is 5.91 Å². The van der Waals surface area contributed by atoms with Crippen LogP contribution in [-0.2, 0) is 0 Å². The molecule has 2 fully saturated rings. The van der Waals surface area contributed by atoms with E-state index in [1.54, 1.807) is 6.20 Å². The molecular formula is C15H21N3O2. The average molecular weight is 275 g/mol. The molecule has 0 radical (unpaired) electrons. The van der Waals surface area contributed by atoms with Crippen molar-refractivity contribution in [2.24, 2.45) is 5.92 Å². The first kappa shape index (κ1) is 13.4. The fraction of sp³-hybridized carbons (Fsp3) is 0.600. The summed E-state index contributed by atoms with van der Waals surface area (Å²) in [4.78, 5) is 20.8. The molecule has 1 atom stereocenters. The molecule has 0 saturated carbocycles. The summed E-state index contributed by atoms with van der Waals surface area (Å²) in [7, 11) is 0. The zero-order valence-electron chi connectivity index (χ0n) is 11.7. The number of carbonyl (C=O) groups is 1. The summed E-state index contributed by atoms with van der Waals surface area (Å²) < 4.78 is 0. The van der Waals surface area contributed by atoms with Crippen LogP contribution in [-0.4, -0.2) is 53.7 Å². The van der Waals surface area contributed by atoms with Crippen molar-refractivity contribution >= 4 is 11.7 Å². The number of likely N-dealkylation sites (tertiary alicyclic amines) is 1. The minimum Gasteiger partial charge on any atom is -0.396 e. The number of aliphatic hydroxyl groups excluding tert-OH is 1. The average Bonchev–Trinajstić information content (AvgIpc) is 3.18. The van der Waals surface area contributed by atoms with E-state index in [9.17, 15) is 4.79 Å². The van der Waals surface area contributed by atoms with Crippen molar-refractivity contribution in [1.29, 1.82) is 0 Å². The Kier molecular flexibility index (Phi) is 3.87. The molecule has 2 aliphatic rings. The molecule has 0 aromatic carbocycles. The topological polar surface area (TPSA) is 56.7 Å². The molecule has 1 N–H and O–H groups in total. The van der Waals surface area contributed by atoms with E-state index in [0.29, 0.717) is 12.1 Å². The molecule has 2 aliphatic heterocycles. The highest BCUT2D eigenvalue weighted by atomic mass is 16.3. The second-order valence-electron chi connectivity index (χ2n) is 5.69. The number of hydrogen-bond acceptors (Lipinski definition) is 4. The fourth-order valence-electron chi connectivity index (χ4n) is 2.99. The monoisotopic (exact) mass is 275 g/mol. The molecule has 20 heavy (non-hydrogen) atoms. The number of hydrogen-bond donors (Lipinski definition) is 1. The van der Waals surface area contributed by atoms with Crippen LogP contribution in [0.25, 0.3) is 0 Å². The first-order chi connectivity index (χ1) is 9.78. The highest BCUT2D eigenvalue weighted by Gasteiger charge is 2.26. The second-order valence-corrected chi connectivity index (χ2v) is 5.69. The van der Waals surface area contributed by atoms with Gasteiger partial charge in [0.2, 0.25) is 0 Å². The summed E-state index contributed by atoms with van der Waals surface area (Å²) in [5.41, 5.74) is 0.645. The SMILES string of the molecule is O=C(c1ccc(N2CCCC2)nc1)N1CCC(CO)C1. The van der Waals surface area contributed by atoms with E-state index in [1.807, 2.05) is 17.0 Å². The number of nitrogens with zero attached hydrogens (tertiary/aromatic N) is 3. The third-order valence-corrected chi connectivity index (χ3v) is 4.26. The van der Waals surface area contributed by atoms with Crippen LogP contribution in [0.1, 0.15) is 29.6 Å². The summed E-state index contributed by atoms with van der Waals surface area (Å²) in [5.74, 6) is 1.23. The predicted octanol–water partition coefficient (Wildman–Crippen LogP) is 1.14. The fourth-order valence-corrected chi connectivity index (χ4v) is 2.99. The van der Waals surface area contributed by atoms with Gasteiger partial charge >= 0.3 is 0 Å². The highest BCUT2D eigenvalue weighted by molar-refractivity contribution is 5.94. The zero-order chi connectivity index (χ0) is 13.9. The summed E-state index contributed by atoms with van der Waals surface area (Å²) in [6.45, 7) is 3.67. The van der Waals surface area contributed by atoms with Gasteiger partial charge in [-0.05, 0) is 31.4 Å². The summed E-state index contributed by atoms with van der Waals surface area (Å²) in [5, 5.41) is 9.14. The van der Waals surface area contributed by atoms with Crippen molar-refractivity contribution in [2.45, 2.75) is 19.3 Å². The molecule has 0 spiro atoms. The standard InChI is InChI=1S/C15H21N3O2/c19-11-12-5-8-18(10-12)15(20)13-3-4-14(16-9-13)17-6-1-2-7-17/h3-4,9,12,19H,1-2,5-8,10-11H2. The Morgan fingerprint density at radius 3 is 2.70 bits per heavy atom. The number of carbonyl (C=O) groups excluding carboxylic acids is 1. The maximum absolute atomic E-state index is 12.3. The van der Waals surface area contributed by atoms with E-state index in [4.69, 9.17) is 5.11 Å². The molecule has 0 aliphatic carbocycles. The predicted molar refractivity (Wildman–Crippen MR) is 76.8 cm³/mol. The zero-order valence-corrected chi connectivity index (χ0v) is 11.7. The van der Waals surface area contributed by atoms with Crippen molar-refractivity contribution in [3.05, 3.63) is 23.9 Å². The van der Waals surface area contributed by atoms with E-state index in [0.717, 1.165) is 31.9 Å². The van der Waals surface area contributed by atoms with Crippen LogP contribution in [0.2, 0.25) is 0 Å².